The van der Waals surface area contributed by atoms with Gasteiger partial charge in [-0.2, -0.15) is 0 Å². The van der Waals surface area contributed by atoms with Crippen LogP contribution in [0.3, 0.4) is 0 Å². The van der Waals surface area contributed by atoms with E-state index in [1.165, 1.54) is 6.33 Å². The van der Waals surface area contributed by atoms with Gasteiger partial charge in [-0.25, -0.2) is 14.8 Å². The highest BCUT2D eigenvalue weighted by atomic mass is 16.5. The van der Waals surface area contributed by atoms with E-state index in [2.05, 4.69) is 42.6 Å². The van der Waals surface area contributed by atoms with Gasteiger partial charge < -0.3 is 20.1 Å². The molecule has 1 aliphatic heterocycles. The van der Waals surface area contributed by atoms with Gasteiger partial charge in [0.15, 0.2) is 0 Å². The maximum absolute atomic E-state index is 10.8. The number of aliphatic carboxylic acids is 1. The van der Waals surface area contributed by atoms with E-state index in [0.717, 1.165) is 0 Å². The zero-order valence-electron chi connectivity index (χ0n) is 14.1. The molecular weight excluding hydrogens is 308 g/mol. The van der Waals surface area contributed by atoms with Crippen molar-refractivity contribution in [2.75, 3.05) is 5.73 Å². The molecule has 1 aliphatic rings. The number of carboxylic acids is 1. The number of nitrogens with zero attached hydrogens (tertiary/aromatic N) is 3. The van der Waals surface area contributed by atoms with Gasteiger partial charge in [0.25, 0.3) is 0 Å². The lowest BCUT2D eigenvalue weighted by molar-refractivity contribution is -0.130. The molecule has 3 heterocycles. The molecule has 0 aliphatic carbocycles. The minimum Gasteiger partial charge on any atom is -0.472 e. The number of nitrogen functional groups attached to an aromatic ring is 1. The number of fused-ring (bicyclic) bond motifs is 1. The molecule has 2 aromatic heterocycles. The standard InChI is InChI=1S/C17H20N4O3/c1-9-10(2)24-16(17(9,3)4)21-7-11(5-6-12(22)23)13-14(18)19-8-20-15(13)21/h7-10,16H,1-4H3,(H,22,23)(H2,18,19,20)/t9?,10?,16-/m1/s1. The number of carboxylic acid groups (broad SMARTS) is 1. The number of carbonyl (C=O) groups is 1. The fourth-order valence-corrected chi connectivity index (χ4v) is 3.25. The summed E-state index contributed by atoms with van der Waals surface area (Å²) in [6, 6.07) is 0. The van der Waals surface area contributed by atoms with Gasteiger partial charge in [0.05, 0.1) is 17.1 Å². The Labute approximate surface area is 139 Å². The molecule has 1 fully saturated rings. The number of anilines is 1. The van der Waals surface area contributed by atoms with Crippen LogP contribution in [0.4, 0.5) is 5.82 Å². The van der Waals surface area contributed by atoms with Gasteiger partial charge in [-0.3, -0.25) is 0 Å². The first kappa shape index (κ1) is 16.3. The first-order valence-electron chi connectivity index (χ1n) is 7.75. The molecule has 3 rings (SSSR count). The molecule has 0 aromatic carbocycles. The van der Waals surface area contributed by atoms with E-state index in [1.54, 1.807) is 6.20 Å². The fraction of sp³-hybridized carbons (Fsp3) is 0.471. The SMILES string of the molecule is CC1O[C@@H](n2cc(C#CC(=O)O)c3c(N)ncnc32)C(C)(C)C1C. The van der Waals surface area contributed by atoms with E-state index in [1.807, 2.05) is 11.5 Å². The van der Waals surface area contributed by atoms with Crippen LogP contribution < -0.4 is 5.73 Å². The molecule has 0 spiro atoms. The monoisotopic (exact) mass is 328 g/mol. The molecule has 2 unspecified atom stereocenters. The van der Waals surface area contributed by atoms with Gasteiger partial charge in [0, 0.05) is 17.5 Å². The second-order valence-electron chi connectivity index (χ2n) is 6.77. The predicted molar refractivity (Wildman–Crippen MR) is 89.0 cm³/mol. The Bertz CT molecular complexity index is 875. The lowest BCUT2D eigenvalue weighted by Gasteiger charge is -2.30. The molecule has 0 radical (unpaired) electrons. The first-order chi connectivity index (χ1) is 11.2. The van der Waals surface area contributed by atoms with Gasteiger partial charge in [-0.15, -0.1) is 0 Å². The minimum atomic E-state index is -1.20. The molecule has 0 bridgehead atoms. The van der Waals surface area contributed by atoms with E-state index in [4.69, 9.17) is 15.6 Å². The predicted octanol–water partition coefficient (Wildman–Crippen LogP) is 2.03. The van der Waals surface area contributed by atoms with Gasteiger partial charge >= 0.3 is 5.97 Å². The van der Waals surface area contributed by atoms with Crippen LogP contribution in [-0.2, 0) is 9.53 Å². The minimum absolute atomic E-state index is 0.0928. The van der Waals surface area contributed by atoms with Crippen molar-refractivity contribution in [1.29, 1.82) is 0 Å². The third-order valence-corrected chi connectivity index (χ3v) is 5.05. The summed E-state index contributed by atoms with van der Waals surface area (Å²) in [7, 11) is 0. The normalized spacial score (nSPS) is 25.4. The summed E-state index contributed by atoms with van der Waals surface area (Å²) in [5.41, 5.74) is 6.92. The second kappa shape index (κ2) is 5.49. The Hall–Kier alpha value is -2.59. The third-order valence-electron chi connectivity index (χ3n) is 5.05. The molecular formula is C17H20N4O3. The van der Waals surface area contributed by atoms with Crippen molar-refractivity contribution in [3.8, 4) is 11.8 Å². The van der Waals surface area contributed by atoms with E-state index in [0.29, 0.717) is 22.5 Å². The lowest BCUT2D eigenvalue weighted by Crippen LogP contribution is -2.27. The zero-order chi connectivity index (χ0) is 17.6. The maximum Gasteiger partial charge on any atom is 0.382 e. The molecule has 7 nitrogen and oxygen atoms in total. The quantitative estimate of drug-likeness (QED) is 0.776. The Morgan fingerprint density at radius 3 is 2.71 bits per heavy atom. The summed E-state index contributed by atoms with van der Waals surface area (Å²) in [5.74, 6) is 4.17. The number of hydrogen-bond acceptors (Lipinski definition) is 5. The number of rotatable bonds is 1. The van der Waals surface area contributed by atoms with E-state index in [9.17, 15) is 4.79 Å². The Balaban J connectivity index is 2.22. The van der Waals surface area contributed by atoms with Crippen LogP contribution in [-0.4, -0.2) is 31.7 Å². The molecule has 7 heteroatoms. The highest BCUT2D eigenvalue weighted by molar-refractivity contribution is 5.94. The van der Waals surface area contributed by atoms with Crippen molar-refractivity contribution in [3.05, 3.63) is 18.1 Å². The zero-order valence-corrected chi connectivity index (χ0v) is 14.1. The Kier molecular flexibility index (Phi) is 3.73. The third kappa shape index (κ3) is 2.39. The largest absolute Gasteiger partial charge is 0.472 e. The lowest BCUT2D eigenvalue weighted by atomic mass is 9.78. The number of ether oxygens (including phenoxy) is 1. The molecule has 3 N–H and O–H groups in total. The van der Waals surface area contributed by atoms with E-state index in [-0.39, 0.29) is 23.6 Å². The van der Waals surface area contributed by atoms with Gasteiger partial charge in [0.1, 0.15) is 24.0 Å². The van der Waals surface area contributed by atoms with Crippen molar-refractivity contribution in [1.82, 2.24) is 14.5 Å². The van der Waals surface area contributed by atoms with Crippen molar-refractivity contribution >= 4 is 22.8 Å². The van der Waals surface area contributed by atoms with Crippen molar-refractivity contribution < 1.29 is 14.6 Å². The second-order valence-corrected chi connectivity index (χ2v) is 6.77. The number of hydrogen-bond donors (Lipinski definition) is 2. The topological polar surface area (TPSA) is 103 Å². The highest BCUT2D eigenvalue weighted by Gasteiger charge is 2.47. The van der Waals surface area contributed by atoms with E-state index >= 15 is 0 Å². The van der Waals surface area contributed by atoms with Gasteiger partial charge in [-0.1, -0.05) is 26.7 Å². The van der Waals surface area contributed by atoms with Crippen LogP contribution in [0.5, 0.6) is 0 Å². The highest BCUT2D eigenvalue weighted by Crippen LogP contribution is 2.49. The van der Waals surface area contributed by atoms with Crippen LogP contribution in [0.1, 0.15) is 39.5 Å². The molecule has 1 saturated heterocycles. The Morgan fingerprint density at radius 1 is 1.42 bits per heavy atom. The van der Waals surface area contributed by atoms with Gasteiger partial charge in [-0.05, 0) is 12.8 Å². The van der Waals surface area contributed by atoms with Crippen LogP contribution in [0.15, 0.2) is 12.5 Å². The van der Waals surface area contributed by atoms with Gasteiger partial charge in [0.2, 0.25) is 0 Å². The summed E-state index contributed by atoms with van der Waals surface area (Å²) >= 11 is 0. The molecule has 3 atom stereocenters. The van der Waals surface area contributed by atoms with Crippen LogP contribution in [0.25, 0.3) is 11.0 Å². The molecule has 0 saturated carbocycles. The van der Waals surface area contributed by atoms with Crippen molar-refractivity contribution in [3.63, 3.8) is 0 Å². The first-order valence-corrected chi connectivity index (χ1v) is 7.75. The average molecular weight is 328 g/mol. The Morgan fingerprint density at radius 2 is 2.12 bits per heavy atom. The molecule has 126 valence electrons. The number of nitrogens with two attached hydrogens (primary N) is 1. The summed E-state index contributed by atoms with van der Waals surface area (Å²) < 4.78 is 8.05. The molecule has 24 heavy (non-hydrogen) atoms. The average Bonchev–Trinajstić information content (AvgIpc) is 2.97. The summed E-state index contributed by atoms with van der Waals surface area (Å²) in [6.45, 7) is 8.49. The summed E-state index contributed by atoms with van der Waals surface area (Å²) in [4.78, 5) is 19.1. The van der Waals surface area contributed by atoms with Crippen LogP contribution in [0.2, 0.25) is 0 Å². The summed E-state index contributed by atoms with van der Waals surface area (Å²) in [5, 5.41) is 9.37. The maximum atomic E-state index is 10.8. The smallest absolute Gasteiger partial charge is 0.382 e. The van der Waals surface area contributed by atoms with Crippen molar-refractivity contribution in [2.45, 2.75) is 40.0 Å². The van der Waals surface area contributed by atoms with Crippen molar-refractivity contribution in [2.24, 2.45) is 11.3 Å². The molecule has 0 amide bonds. The fourth-order valence-electron chi connectivity index (χ4n) is 3.25. The van der Waals surface area contributed by atoms with E-state index < -0.39 is 5.97 Å². The number of aromatic nitrogens is 3. The van der Waals surface area contributed by atoms with Crippen LogP contribution >= 0.6 is 0 Å². The van der Waals surface area contributed by atoms with Crippen LogP contribution in [0, 0.1) is 23.2 Å². The summed E-state index contributed by atoms with van der Waals surface area (Å²) in [6.07, 6.45) is 2.98. The molecule has 2 aromatic rings.